The van der Waals surface area contributed by atoms with Crippen molar-refractivity contribution in [3.63, 3.8) is 0 Å². The van der Waals surface area contributed by atoms with Gasteiger partial charge in [-0.25, -0.2) is 4.39 Å². The van der Waals surface area contributed by atoms with E-state index in [9.17, 15) is 4.39 Å². The van der Waals surface area contributed by atoms with E-state index in [4.69, 9.17) is 0 Å². The molecule has 0 aromatic heterocycles. The summed E-state index contributed by atoms with van der Waals surface area (Å²) in [7, 11) is 0. The van der Waals surface area contributed by atoms with E-state index in [1.165, 1.54) is 12.8 Å². The van der Waals surface area contributed by atoms with E-state index in [-0.39, 0.29) is 5.92 Å². The van der Waals surface area contributed by atoms with Crippen molar-refractivity contribution in [3.05, 3.63) is 0 Å². The van der Waals surface area contributed by atoms with Crippen molar-refractivity contribution in [1.29, 1.82) is 0 Å². The smallest absolute Gasteiger partial charge is 0.103 e. The average Bonchev–Trinajstić information content (AvgIpc) is 2.03. The van der Waals surface area contributed by atoms with Gasteiger partial charge >= 0.3 is 0 Å². The molecular formula is C10H21F. The second kappa shape index (κ2) is 6.63. The van der Waals surface area contributed by atoms with Gasteiger partial charge < -0.3 is 0 Å². The molecule has 0 fully saturated rings. The third-order valence-electron chi connectivity index (χ3n) is 2.34. The van der Waals surface area contributed by atoms with Crippen LogP contribution in [0.2, 0.25) is 0 Å². The van der Waals surface area contributed by atoms with Crippen LogP contribution in [0.1, 0.15) is 52.9 Å². The van der Waals surface area contributed by atoms with E-state index in [2.05, 4.69) is 13.8 Å². The number of rotatable bonds is 6. The second-order valence-corrected chi connectivity index (χ2v) is 3.40. The van der Waals surface area contributed by atoms with Gasteiger partial charge in [0.2, 0.25) is 0 Å². The summed E-state index contributed by atoms with van der Waals surface area (Å²) in [6.45, 7) is 6.20. The lowest BCUT2D eigenvalue weighted by molar-refractivity contribution is 0.217. The number of unbranched alkanes of at least 4 members (excludes halogenated alkanes) is 2. The molecule has 0 heterocycles. The van der Waals surface area contributed by atoms with Crippen LogP contribution in [0.5, 0.6) is 0 Å². The van der Waals surface area contributed by atoms with Crippen molar-refractivity contribution in [2.75, 3.05) is 0 Å². The molecule has 11 heavy (non-hydrogen) atoms. The van der Waals surface area contributed by atoms with Crippen LogP contribution in [0.15, 0.2) is 0 Å². The molecule has 0 radical (unpaired) electrons. The Morgan fingerprint density at radius 3 is 2.27 bits per heavy atom. The maximum absolute atomic E-state index is 13.1. The average molecular weight is 160 g/mol. The number of alkyl halides is 1. The Morgan fingerprint density at radius 1 is 1.18 bits per heavy atom. The van der Waals surface area contributed by atoms with Crippen LogP contribution >= 0.6 is 0 Å². The molecule has 0 saturated heterocycles. The molecule has 0 saturated carbocycles. The van der Waals surface area contributed by atoms with E-state index in [1.807, 2.05) is 6.92 Å². The molecule has 68 valence electrons. The molecule has 0 aliphatic rings. The first-order valence-electron chi connectivity index (χ1n) is 4.86. The monoisotopic (exact) mass is 160 g/mol. The molecule has 0 nitrogen and oxygen atoms in total. The van der Waals surface area contributed by atoms with Crippen molar-refractivity contribution < 1.29 is 4.39 Å². The molecule has 2 atom stereocenters. The summed E-state index contributed by atoms with van der Waals surface area (Å²) < 4.78 is 13.1. The highest BCUT2D eigenvalue weighted by Gasteiger charge is 2.12. The largest absolute Gasteiger partial charge is 0.247 e. The molecule has 0 aromatic carbocycles. The molecular weight excluding hydrogens is 139 g/mol. The summed E-state index contributed by atoms with van der Waals surface area (Å²) in [6, 6.07) is 0. The Labute approximate surface area is 70.2 Å². The van der Waals surface area contributed by atoms with E-state index in [1.54, 1.807) is 0 Å². The molecule has 0 amide bonds. The Balaban J connectivity index is 3.28. The maximum Gasteiger partial charge on any atom is 0.103 e. The summed E-state index contributed by atoms with van der Waals surface area (Å²) in [5, 5.41) is 0. The van der Waals surface area contributed by atoms with Gasteiger partial charge in [-0.3, -0.25) is 0 Å². The zero-order valence-electron chi connectivity index (χ0n) is 8.07. The van der Waals surface area contributed by atoms with Gasteiger partial charge in [0.05, 0.1) is 0 Å². The zero-order valence-corrected chi connectivity index (χ0v) is 8.07. The van der Waals surface area contributed by atoms with Gasteiger partial charge in [0.25, 0.3) is 0 Å². The minimum atomic E-state index is -0.563. The molecule has 1 heteroatoms. The van der Waals surface area contributed by atoms with Crippen LogP contribution in [0.3, 0.4) is 0 Å². The van der Waals surface area contributed by atoms with Gasteiger partial charge in [-0.1, -0.05) is 46.5 Å². The van der Waals surface area contributed by atoms with Crippen molar-refractivity contribution in [1.82, 2.24) is 0 Å². The molecule has 0 rings (SSSR count). The first kappa shape index (κ1) is 10.9. The van der Waals surface area contributed by atoms with Crippen molar-refractivity contribution >= 4 is 0 Å². The highest BCUT2D eigenvalue weighted by molar-refractivity contribution is 4.62. The minimum Gasteiger partial charge on any atom is -0.247 e. The Bertz CT molecular complexity index is 80.9. The molecule has 0 aliphatic heterocycles. The number of hydrogen-bond acceptors (Lipinski definition) is 0. The fourth-order valence-electron chi connectivity index (χ4n) is 1.13. The summed E-state index contributed by atoms with van der Waals surface area (Å²) in [5.74, 6) is 0.256. The molecule has 0 bridgehead atoms. The number of hydrogen-bond donors (Lipinski definition) is 0. The van der Waals surface area contributed by atoms with Gasteiger partial charge in [-0.05, 0) is 12.3 Å². The first-order chi connectivity index (χ1) is 5.22. The number of halogens is 1. The van der Waals surface area contributed by atoms with E-state index < -0.39 is 6.17 Å². The Hall–Kier alpha value is -0.0700. The predicted octanol–water partition coefficient (Wildman–Crippen LogP) is 3.95. The standard InChI is InChI=1S/C10H21F/c1-4-6-7-8-10(11)9(3)5-2/h9-10H,4-8H2,1-3H3. The molecule has 0 spiro atoms. The molecule has 0 aromatic rings. The van der Waals surface area contributed by atoms with Crippen LogP contribution in [0.25, 0.3) is 0 Å². The van der Waals surface area contributed by atoms with Gasteiger partial charge in [-0.15, -0.1) is 0 Å². The maximum atomic E-state index is 13.1. The van der Waals surface area contributed by atoms with Crippen LogP contribution in [-0.4, -0.2) is 6.17 Å². The zero-order chi connectivity index (χ0) is 8.69. The third-order valence-corrected chi connectivity index (χ3v) is 2.34. The fourth-order valence-corrected chi connectivity index (χ4v) is 1.13. The summed E-state index contributed by atoms with van der Waals surface area (Å²) in [6.07, 6.45) is 4.59. The SMILES string of the molecule is CCCCCC(F)C(C)CC. The van der Waals surface area contributed by atoms with Crippen LogP contribution in [-0.2, 0) is 0 Å². The van der Waals surface area contributed by atoms with Gasteiger partial charge in [0, 0.05) is 0 Å². The minimum absolute atomic E-state index is 0.256. The highest BCUT2D eigenvalue weighted by atomic mass is 19.1. The lowest BCUT2D eigenvalue weighted by atomic mass is 9.98. The normalized spacial score (nSPS) is 16.4. The van der Waals surface area contributed by atoms with E-state index in [0.29, 0.717) is 0 Å². The molecule has 0 aliphatic carbocycles. The molecule has 2 unspecified atom stereocenters. The first-order valence-corrected chi connectivity index (χ1v) is 4.86. The van der Waals surface area contributed by atoms with Crippen LogP contribution in [0.4, 0.5) is 4.39 Å². The van der Waals surface area contributed by atoms with Crippen LogP contribution in [0, 0.1) is 5.92 Å². The predicted molar refractivity (Wildman–Crippen MR) is 48.5 cm³/mol. The fraction of sp³-hybridized carbons (Fsp3) is 1.00. The lowest BCUT2D eigenvalue weighted by Gasteiger charge is -2.13. The summed E-state index contributed by atoms with van der Waals surface area (Å²) in [5.41, 5.74) is 0. The lowest BCUT2D eigenvalue weighted by Crippen LogP contribution is -2.11. The quantitative estimate of drug-likeness (QED) is 0.516. The van der Waals surface area contributed by atoms with E-state index >= 15 is 0 Å². The second-order valence-electron chi connectivity index (χ2n) is 3.40. The Kier molecular flexibility index (Phi) is 6.59. The topological polar surface area (TPSA) is 0 Å². The van der Waals surface area contributed by atoms with Crippen molar-refractivity contribution in [2.45, 2.75) is 59.0 Å². The van der Waals surface area contributed by atoms with Crippen LogP contribution < -0.4 is 0 Å². The third kappa shape index (κ3) is 5.23. The van der Waals surface area contributed by atoms with Gasteiger partial charge in [0.1, 0.15) is 6.17 Å². The van der Waals surface area contributed by atoms with Gasteiger partial charge in [-0.2, -0.15) is 0 Å². The molecule has 0 N–H and O–H groups in total. The van der Waals surface area contributed by atoms with Crippen molar-refractivity contribution in [2.24, 2.45) is 5.92 Å². The Morgan fingerprint density at radius 2 is 1.82 bits per heavy atom. The van der Waals surface area contributed by atoms with E-state index in [0.717, 1.165) is 19.3 Å². The summed E-state index contributed by atoms with van der Waals surface area (Å²) >= 11 is 0. The van der Waals surface area contributed by atoms with Crippen molar-refractivity contribution in [3.8, 4) is 0 Å². The van der Waals surface area contributed by atoms with Gasteiger partial charge in [0.15, 0.2) is 0 Å². The summed E-state index contributed by atoms with van der Waals surface area (Å²) in [4.78, 5) is 0. The highest BCUT2D eigenvalue weighted by Crippen LogP contribution is 2.17.